The van der Waals surface area contributed by atoms with E-state index >= 15 is 0 Å². The Morgan fingerprint density at radius 2 is 1.95 bits per heavy atom. The zero-order chi connectivity index (χ0) is 14.7. The fraction of sp³-hybridized carbons (Fsp3) is 0.412. The van der Waals surface area contributed by atoms with E-state index in [0.29, 0.717) is 17.9 Å². The van der Waals surface area contributed by atoms with Crippen molar-refractivity contribution in [3.8, 4) is 11.3 Å². The van der Waals surface area contributed by atoms with Gasteiger partial charge in [0.25, 0.3) is 0 Å². The highest BCUT2D eigenvalue weighted by atomic mass is 35.5. The largest absolute Gasteiger partial charge is 0.352 e. The molecule has 1 fully saturated rings. The van der Waals surface area contributed by atoms with Crippen molar-refractivity contribution in [3.05, 3.63) is 42.2 Å². The van der Waals surface area contributed by atoms with Crippen LogP contribution in [-0.2, 0) is 0 Å². The van der Waals surface area contributed by atoms with E-state index in [-0.39, 0.29) is 24.2 Å². The molecule has 0 amide bonds. The van der Waals surface area contributed by atoms with Gasteiger partial charge in [-0.25, -0.2) is 0 Å². The standard InChI is InChI=1S/C17H20N2O2.ClH/c1-13(19-9-5-6-10-19)11-16(20)17-12-15(18-21-17)14-7-3-2-4-8-14;/h2-4,7-8,12-13H,5-6,9-11H2,1H3;1H. The molecule has 1 unspecified atom stereocenters. The lowest BCUT2D eigenvalue weighted by Crippen LogP contribution is -2.31. The molecular weight excluding hydrogens is 300 g/mol. The number of carbonyl (C=O) groups excluding carboxylic acids is 1. The summed E-state index contributed by atoms with van der Waals surface area (Å²) in [5.74, 6) is 0.393. The van der Waals surface area contributed by atoms with Crippen LogP contribution in [0.25, 0.3) is 11.3 Å². The Morgan fingerprint density at radius 1 is 1.27 bits per heavy atom. The fourth-order valence-electron chi connectivity index (χ4n) is 2.83. The molecule has 1 aromatic carbocycles. The van der Waals surface area contributed by atoms with Gasteiger partial charge >= 0.3 is 0 Å². The first-order valence-corrected chi connectivity index (χ1v) is 7.53. The first kappa shape index (κ1) is 16.7. The lowest BCUT2D eigenvalue weighted by Gasteiger charge is -2.22. The van der Waals surface area contributed by atoms with Crippen molar-refractivity contribution in [3.63, 3.8) is 0 Å². The highest BCUT2D eigenvalue weighted by molar-refractivity contribution is 5.94. The highest BCUT2D eigenvalue weighted by Crippen LogP contribution is 2.21. The van der Waals surface area contributed by atoms with E-state index < -0.39 is 0 Å². The van der Waals surface area contributed by atoms with Gasteiger partial charge in [-0.05, 0) is 32.9 Å². The van der Waals surface area contributed by atoms with Crippen LogP contribution in [0.1, 0.15) is 36.7 Å². The second-order valence-electron chi connectivity index (χ2n) is 5.66. The molecule has 4 nitrogen and oxygen atoms in total. The molecule has 5 heteroatoms. The number of likely N-dealkylation sites (tertiary alicyclic amines) is 1. The first-order valence-electron chi connectivity index (χ1n) is 7.53. The third kappa shape index (κ3) is 3.76. The van der Waals surface area contributed by atoms with Crippen LogP contribution in [0.5, 0.6) is 0 Å². The Kier molecular flexibility index (Phi) is 5.75. The zero-order valence-electron chi connectivity index (χ0n) is 12.7. The van der Waals surface area contributed by atoms with Gasteiger partial charge < -0.3 is 9.42 Å². The van der Waals surface area contributed by atoms with E-state index in [1.807, 2.05) is 30.3 Å². The Hall–Kier alpha value is -1.65. The van der Waals surface area contributed by atoms with Gasteiger partial charge in [0.2, 0.25) is 11.5 Å². The van der Waals surface area contributed by atoms with Crippen molar-refractivity contribution in [2.45, 2.75) is 32.2 Å². The molecule has 0 spiro atoms. The Bertz CT molecular complexity index is 606. The van der Waals surface area contributed by atoms with Crippen LogP contribution >= 0.6 is 12.4 Å². The number of benzene rings is 1. The maximum Gasteiger partial charge on any atom is 0.203 e. The molecule has 1 aliphatic rings. The van der Waals surface area contributed by atoms with Crippen LogP contribution in [0.15, 0.2) is 40.9 Å². The summed E-state index contributed by atoms with van der Waals surface area (Å²) in [6.45, 7) is 4.30. The molecule has 1 aliphatic heterocycles. The number of aromatic nitrogens is 1. The molecule has 22 heavy (non-hydrogen) atoms. The van der Waals surface area contributed by atoms with Crippen molar-refractivity contribution in [2.24, 2.45) is 0 Å². The maximum atomic E-state index is 12.3. The average Bonchev–Trinajstić information content (AvgIpc) is 3.20. The van der Waals surface area contributed by atoms with E-state index in [4.69, 9.17) is 4.52 Å². The molecule has 0 saturated carbocycles. The second kappa shape index (κ2) is 7.56. The number of halogens is 1. The van der Waals surface area contributed by atoms with Gasteiger partial charge in [-0.1, -0.05) is 35.5 Å². The van der Waals surface area contributed by atoms with E-state index in [1.165, 1.54) is 12.8 Å². The summed E-state index contributed by atoms with van der Waals surface area (Å²) in [5, 5.41) is 4.00. The highest BCUT2D eigenvalue weighted by Gasteiger charge is 2.23. The van der Waals surface area contributed by atoms with Gasteiger partial charge in [0, 0.05) is 24.1 Å². The van der Waals surface area contributed by atoms with E-state index in [0.717, 1.165) is 18.7 Å². The molecule has 3 rings (SSSR count). The summed E-state index contributed by atoms with van der Waals surface area (Å²) in [4.78, 5) is 14.7. The Balaban J connectivity index is 0.00000176. The number of ketones is 1. The fourth-order valence-corrected chi connectivity index (χ4v) is 2.83. The quantitative estimate of drug-likeness (QED) is 0.786. The second-order valence-corrected chi connectivity index (χ2v) is 5.66. The average molecular weight is 321 g/mol. The lowest BCUT2D eigenvalue weighted by atomic mass is 10.1. The van der Waals surface area contributed by atoms with E-state index in [1.54, 1.807) is 6.07 Å². The summed E-state index contributed by atoms with van der Waals surface area (Å²) in [6, 6.07) is 11.8. The summed E-state index contributed by atoms with van der Waals surface area (Å²) >= 11 is 0. The molecule has 1 saturated heterocycles. The van der Waals surface area contributed by atoms with Gasteiger partial charge in [0.1, 0.15) is 5.69 Å². The topological polar surface area (TPSA) is 46.3 Å². The zero-order valence-corrected chi connectivity index (χ0v) is 13.5. The molecule has 1 aromatic heterocycles. The molecule has 0 bridgehead atoms. The SMILES string of the molecule is CC(CC(=O)c1cc(-c2ccccc2)no1)N1CCCC1.Cl. The summed E-state index contributed by atoms with van der Waals surface area (Å²) in [5.41, 5.74) is 1.68. The third-order valence-electron chi connectivity index (χ3n) is 4.10. The van der Waals surface area contributed by atoms with Gasteiger partial charge in [-0.2, -0.15) is 0 Å². The van der Waals surface area contributed by atoms with Crippen LogP contribution in [0.3, 0.4) is 0 Å². The predicted octanol–water partition coefficient (Wildman–Crippen LogP) is 3.82. The minimum absolute atomic E-state index is 0. The monoisotopic (exact) mass is 320 g/mol. The van der Waals surface area contributed by atoms with Crippen LogP contribution < -0.4 is 0 Å². The van der Waals surface area contributed by atoms with Crippen LogP contribution in [0.4, 0.5) is 0 Å². The molecule has 2 aromatic rings. The number of hydrogen-bond acceptors (Lipinski definition) is 4. The van der Waals surface area contributed by atoms with Crippen molar-refractivity contribution in [1.29, 1.82) is 0 Å². The Labute approximate surface area is 136 Å². The number of carbonyl (C=O) groups is 1. The van der Waals surface area contributed by atoms with Gasteiger partial charge in [0.15, 0.2) is 0 Å². The smallest absolute Gasteiger partial charge is 0.203 e. The summed E-state index contributed by atoms with van der Waals surface area (Å²) < 4.78 is 5.23. The molecule has 118 valence electrons. The van der Waals surface area contributed by atoms with E-state index in [2.05, 4.69) is 17.0 Å². The number of hydrogen-bond donors (Lipinski definition) is 0. The number of rotatable bonds is 5. The van der Waals surface area contributed by atoms with Crippen LogP contribution in [-0.4, -0.2) is 35.0 Å². The van der Waals surface area contributed by atoms with Crippen molar-refractivity contribution in [2.75, 3.05) is 13.1 Å². The predicted molar refractivity (Wildman–Crippen MR) is 88.4 cm³/mol. The summed E-state index contributed by atoms with van der Waals surface area (Å²) in [6.07, 6.45) is 2.96. The minimum Gasteiger partial charge on any atom is -0.352 e. The van der Waals surface area contributed by atoms with Crippen molar-refractivity contribution < 1.29 is 9.32 Å². The van der Waals surface area contributed by atoms with Crippen LogP contribution in [0.2, 0.25) is 0 Å². The van der Waals surface area contributed by atoms with Crippen molar-refractivity contribution >= 4 is 18.2 Å². The molecule has 1 atom stereocenters. The molecular formula is C17H21ClN2O2. The maximum absolute atomic E-state index is 12.3. The number of nitrogens with zero attached hydrogens (tertiary/aromatic N) is 2. The summed E-state index contributed by atoms with van der Waals surface area (Å²) in [7, 11) is 0. The van der Waals surface area contributed by atoms with Crippen molar-refractivity contribution in [1.82, 2.24) is 10.1 Å². The van der Waals surface area contributed by atoms with E-state index in [9.17, 15) is 4.79 Å². The molecule has 2 heterocycles. The van der Waals surface area contributed by atoms with Gasteiger partial charge in [-0.3, -0.25) is 4.79 Å². The third-order valence-corrected chi connectivity index (χ3v) is 4.10. The molecule has 0 aliphatic carbocycles. The lowest BCUT2D eigenvalue weighted by molar-refractivity contribution is 0.0905. The normalized spacial score (nSPS) is 16.2. The van der Waals surface area contributed by atoms with Gasteiger partial charge in [-0.15, -0.1) is 12.4 Å². The first-order chi connectivity index (χ1) is 10.2. The minimum atomic E-state index is 0. The molecule has 0 N–H and O–H groups in total. The Morgan fingerprint density at radius 3 is 2.64 bits per heavy atom. The van der Waals surface area contributed by atoms with Gasteiger partial charge in [0.05, 0.1) is 0 Å². The molecule has 0 radical (unpaired) electrons. The van der Waals surface area contributed by atoms with Crippen LogP contribution in [0, 0.1) is 0 Å². The number of Topliss-reactive ketones (excluding diaryl/α,β-unsaturated/α-hetero) is 1.